The standard InChI is InChI=1S/C8H8F9I/c1-2-4(18)3-5(9,7(12,13)14)6(10,11)8(15,16)17/h4H,2-3H2,1H3/t4-,5-/m0/s1. The van der Waals surface area contributed by atoms with E-state index in [1.807, 2.05) is 0 Å². The SMILES string of the molecule is CC[C@H](I)C[C@@](F)(C(F)(F)F)C(F)(F)C(F)(F)F. The molecule has 0 bridgehead atoms. The number of halogens is 10. The number of hydrogen-bond acceptors (Lipinski definition) is 0. The van der Waals surface area contributed by atoms with Crippen LogP contribution in [0, 0.1) is 0 Å². The van der Waals surface area contributed by atoms with Crippen LogP contribution in [0.5, 0.6) is 0 Å². The van der Waals surface area contributed by atoms with E-state index < -0.39 is 34.3 Å². The number of rotatable bonds is 4. The highest BCUT2D eigenvalue weighted by Gasteiger charge is 2.80. The molecule has 2 atom stereocenters. The Morgan fingerprint density at radius 3 is 1.44 bits per heavy atom. The molecule has 0 saturated heterocycles. The topological polar surface area (TPSA) is 0 Å². The molecule has 0 fully saturated rings. The Kier molecular flexibility index (Phi) is 5.26. The quantitative estimate of drug-likeness (QED) is 0.351. The van der Waals surface area contributed by atoms with Crippen LogP contribution in [0.3, 0.4) is 0 Å². The van der Waals surface area contributed by atoms with E-state index in [-0.39, 0.29) is 6.42 Å². The molecule has 0 aliphatic rings. The van der Waals surface area contributed by atoms with E-state index in [0.717, 1.165) is 0 Å². The maximum Gasteiger partial charge on any atom is 0.457 e. The van der Waals surface area contributed by atoms with Crippen LogP contribution in [0.2, 0.25) is 0 Å². The van der Waals surface area contributed by atoms with Crippen molar-refractivity contribution < 1.29 is 39.5 Å². The normalized spacial score (nSPS) is 19.5. The fourth-order valence-electron chi connectivity index (χ4n) is 1.10. The highest BCUT2D eigenvalue weighted by molar-refractivity contribution is 14.1. The zero-order valence-corrected chi connectivity index (χ0v) is 10.9. The first-order valence-electron chi connectivity index (χ1n) is 4.55. The lowest BCUT2D eigenvalue weighted by Crippen LogP contribution is -2.62. The first-order valence-corrected chi connectivity index (χ1v) is 5.79. The van der Waals surface area contributed by atoms with Crippen molar-refractivity contribution in [2.75, 3.05) is 0 Å². The Morgan fingerprint density at radius 1 is 0.833 bits per heavy atom. The number of hydrogen-bond donors (Lipinski definition) is 0. The van der Waals surface area contributed by atoms with Gasteiger partial charge < -0.3 is 0 Å². The van der Waals surface area contributed by atoms with Crippen molar-refractivity contribution in [2.45, 2.75) is 47.6 Å². The van der Waals surface area contributed by atoms with E-state index in [1.165, 1.54) is 29.5 Å². The highest BCUT2D eigenvalue weighted by atomic mass is 127. The summed E-state index contributed by atoms with van der Waals surface area (Å²) < 4.78 is 110. The number of alkyl halides is 10. The second kappa shape index (κ2) is 5.23. The Labute approximate surface area is 110 Å². The summed E-state index contributed by atoms with van der Waals surface area (Å²) in [4.78, 5) is 0. The fraction of sp³-hybridized carbons (Fsp3) is 1.00. The lowest BCUT2D eigenvalue weighted by atomic mass is 9.90. The summed E-state index contributed by atoms with van der Waals surface area (Å²) in [6.07, 6.45) is -15.1. The molecule has 110 valence electrons. The van der Waals surface area contributed by atoms with Gasteiger partial charge in [0.2, 0.25) is 0 Å². The minimum atomic E-state index is -6.61. The molecule has 10 heteroatoms. The zero-order valence-electron chi connectivity index (χ0n) is 8.77. The van der Waals surface area contributed by atoms with E-state index >= 15 is 0 Å². The van der Waals surface area contributed by atoms with Gasteiger partial charge in [0.15, 0.2) is 0 Å². The third kappa shape index (κ3) is 3.16. The Balaban J connectivity index is 5.64. The molecule has 18 heavy (non-hydrogen) atoms. The van der Waals surface area contributed by atoms with Gasteiger partial charge in [-0.3, -0.25) is 0 Å². The molecule has 0 nitrogen and oxygen atoms in total. The van der Waals surface area contributed by atoms with Crippen molar-refractivity contribution in [3.05, 3.63) is 0 Å². The van der Waals surface area contributed by atoms with Crippen LogP contribution < -0.4 is 0 Å². The Morgan fingerprint density at radius 2 is 1.22 bits per heavy atom. The molecule has 0 aliphatic carbocycles. The van der Waals surface area contributed by atoms with Crippen LogP contribution in [0.1, 0.15) is 19.8 Å². The Bertz CT molecular complexity index is 281. The van der Waals surface area contributed by atoms with Crippen LogP contribution >= 0.6 is 22.6 Å². The first-order chi connectivity index (χ1) is 7.70. The van der Waals surface area contributed by atoms with E-state index in [9.17, 15) is 39.5 Å². The van der Waals surface area contributed by atoms with Crippen LogP contribution in [0.15, 0.2) is 0 Å². The average Bonchev–Trinajstić information content (AvgIpc) is 2.13. The maximum absolute atomic E-state index is 13.4. The van der Waals surface area contributed by atoms with E-state index in [0.29, 0.717) is 0 Å². The second-order valence-electron chi connectivity index (χ2n) is 3.58. The maximum atomic E-state index is 13.4. The van der Waals surface area contributed by atoms with Crippen LogP contribution in [-0.4, -0.2) is 27.9 Å². The first kappa shape index (κ1) is 18.1. The molecule has 0 aromatic heterocycles. The Hall–Kier alpha value is 0.1000. The third-order valence-electron chi connectivity index (χ3n) is 2.25. The molecule has 0 N–H and O–H groups in total. The summed E-state index contributed by atoms with van der Waals surface area (Å²) in [7, 11) is 0. The summed E-state index contributed by atoms with van der Waals surface area (Å²) in [6.45, 7) is 1.25. The summed E-state index contributed by atoms with van der Waals surface area (Å²) in [5, 5.41) is 0. The summed E-state index contributed by atoms with van der Waals surface area (Å²) in [5.41, 5.74) is -5.62. The van der Waals surface area contributed by atoms with Gasteiger partial charge in [0.05, 0.1) is 0 Å². The molecular formula is C8H8F9I. The van der Waals surface area contributed by atoms with E-state index in [1.54, 1.807) is 0 Å². The molecule has 0 saturated carbocycles. The van der Waals surface area contributed by atoms with Gasteiger partial charge in [0, 0.05) is 10.3 Å². The minimum Gasteiger partial charge on any atom is -0.227 e. The molecule has 0 amide bonds. The van der Waals surface area contributed by atoms with Crippen molar-refractivity contribution in [3.63, 3.8) is 0 Å². The molecule has 0 unspecified atom stereocenters. The van der Waals surface area contributed by atoms with Crippen molar-refractivity contribution in [1.29, 1.82) is 0 Å². The predicted molar refractivity (Wildman–Crippen MR) is 53.6 cm³/mol. The average molecular weight is 402 g/mol. The van der Waals surface area contributed by atoms with E-state index in [2.05, 4.69) is 0 Å². The molecule has 0 aromatic carbocycles. The van der Waals surface area contributed by atoms with Crippen molar-refractivity contribution in [2.24, 2.45) is 0 Å². The molecule has 0 aliphatic heterocycles. The lowest BCUT2D eigenvalue weighted by molar-refractivity contribution is -0.384. The van der Waals surface area contributed by atoms with Gasteiger partial charge in [0.25, 0.3) is 5.67 Å². The van der Waals surface area contributed by atoms with Gasteiger partial charge in [-0.05, 0) is 6.42 Å². The van der Waals surface area contributed by atoms with Crippen molar-refractivity contribution >= 4 is 22.6 Å². The predicted octanol–water partition coefficient (Wildman–Crippen LogP) is 5.06. The summed E-state index contributed by atoms with van der Waals surface area (Å²) in [6, 6.07) is 0. The van der Waals surface area contributed by atoms with E-state index in [4.69, 9.17) is 0 Å². The van der Waals surface area contributed by atoms with Crippen LogP contribution in [0.4, 0.5) is 39.5 Å². The van der Waals surface area contributed by atoms with Gasteiger partial charge in [-0.2, -0.15) is 35.1 Å². The lowest BCUT2D eigenvalue weighted by Gasteiger charge is -2.36. The minimum absolute atomic E-state index is 0.170. The van der Waals surface area contributed by atoms with Gasteiger partial charge in [-0.25, -0.2) is 4.39 Å². The van der Waals surface area contributed by atoms with Crippen LogP contribution in [0.25, 0.3) is 0 Å². The molecular weight excluding hydrogens is 394 g/mol. The van der Waals surface area contributed by atoms with Gasteiger partial charge in [-0.1, -0.05) is 29.5 Å². The molecule has 0 heterocycles. The van der Waals surface area contributed by atoms with Gasteiger partial charge in [-0.15, -0.1) is 0 Å². The van der Waals surface area contributed by atoms with Crippen molar-refractivity contribution in [1.82, 2.24) is 0 Å². The smallest absolute Gasteiger partial charge is 0.227 e. The molecule has 0 radical (unpaired) electrons. The van der Waals surface area contributed by atoms with Gasteiger partial charge >= 0.3 is 18.3 Å². The third-order valence-corrected chi connectivity index (χ3v) is 3.57. The summed E-state index contributed by atoms with van der Waals surface area (Å²) in [5.74, 6) is -6.49. The monoisotopic (exact) mass is 402 g/mol. The zero-order chi connectivity index (χ0) is 15.0. The second-order valence-corrected chi connectivity index (χ2v) is 5.34. The molecule has 0 rings (SSSR count). The molecule has 0 aromatic rings. The van der Waals surface area contributed by atoms with Crippen molar-refractivity contribution in [3.8, 4) is 0 Å². The van der Waals surface area contributed by atoms with Gasteiger partial charge in [0.1, 0.15) is 0 Å². The summed E-state index contributed by atoms with van der Waals surface area (Å²) >= 11 is 1.20. The largest absolute Gasteiger partial charge is 0.457 e. The highest BCUT2D eigenvalue weighted by Crippen LogP contribution is 2.55. The fourth-order valence-corrected chi connectivity index (χ4v) is 1.70. The molecule has 0 spiro atoms. The van der Waals surface area contributed by atoms with Crippen LogP contribution in [-0.2, 0) is 0 Å².